The van der Waals surface area contributed by atoms with Crippen LogP contribution >= 0.6 is 0 Å². The van der Waals surface area contributed by atoms with E-state index in [4.69, 9.17) is 13.6 Å². The molecular formula is C21H19N3O4. The predicted octanol–water partition coefficient (Wildman–Crippen LogP) is 4.74. The van der Waals surface area contributed by atoms with Crippen LogP contribution in [0.2, 0.25) is 0 Å². The molecule has 28 heavy (non-hydrogen) atoms. The summed E-state index contributed by atoms with van der Waals surface area (Å²) < 4.78 is 16.4. The molecule has 0 N–H and O–H groups in total. The van der Waals surface area contributed by atoms with Crippen molar-refractivity contribution in [3.63, 3.8) is 0 Å². The molecule has 0 saturated heterocycles. The maximum Gasteiger partial charge on any atom is 0.374 e. The van der Waals surface area contributed by atoms with Gasteiger partial charge in [-0.25, -0.2) is 14.8 Å². The molecule has 7 heteroatoms. The number of carbonyl (C=O) groups excluding carboxylic acids is 1. The Morgan fingerprint density at radius 3 is 2.71 bits per heavy atom. The van der Waals surface area contributed by atoms with Gasteiger partial charge in [-0.2, -0.15) is 0 Å². The molecule has 0 unspecified atom stereocenters. The topological polar surface area (TPSA) is 81.6 Å². The molecule has 3 aromatic heterocycles. The molecule has 0 amide bonds. The van der Waals surface area contributed by atoms with Gasteiger partial charge < -0.3 is 13.6 Å². The Bertz CT molecular complexity index is 1150. The van der Waals surface area contributed by atoms with E-state index in [1.165, 1.54) is 6.33 Å². The maximum atomic E-state index is 11.9. The zero-order valence-electron chi connectivity index (χ0n) is 15.8. The summed E-state index contributed by atoms with van der Waals surface area (Å²) in [4.78, 5) is 22.5. The molecule has 0 spiro atoms. The molecule has 1 aromatic carbocycles. The fourth-order valence-corrected chi connectivity index (χ4v) is 2.97. The molecule has 7 nitrogen and oxygen atoms in total. The van der Waals surface area contributed by atoms with E-state index >= 15 is 0 Å². The van der Waals surface area contributed by atoms with E-state index in [9.17, 15) is 4.79 Å². The molecule has 3 heterocycles. The summed E-state index contributed by atoms with van der Waals surface area (Å²) in [6, 6.07) is 12.9. The third-order valence-corrected chi connectivity index (χ3v) is 4.36. The number of rotatable bonds is 5. The first-order chi connectivity index (χ1) is 13.6. The first-order valence-electron chi connectivity index (χ1n) is 8.89. The summed E-state index contributed by atoms with van der Waals surface area (Å²) in [6.07, 6.45) is 1.52. The normalized spacial score (nSPS) is 11.0. The lowest BCUT2D eigenvalue weighted by Crippen LogP contribution is -2.11. The summed E-state index contributed by atoms with van der Waals surface area (Å²) in [7, 11) is 1.89. The smallest absolute Gasteiger partial charge is 0.374 e. The van der Waals surface area contributed by atoms with E-state index in [0.29, 0.717) is 24.1 Å². The number of aryl methyl sites for hydroxylation is 1. The Morgan fingerprint density at radius 1 is 1.11 bits per heavy atom. The number of furan rings is 2. The van der Waals surface area contributed by atoms with Gasteiger partial charge in [0.2, 0.25) is 11.6 Å². The first-order valence-corrected chi connectivity index (χ1v) is 8.89. The van der Waals surface area contributed by atoms with Gasteiger partial charge in [-0.1, -0.05) is 0 Å². The van der Waals surface area contributed by atoms with Crippen molar-refractivity contribution in [2.24, 2.45) is 0 Å². The number of aromatic nitrogens is 2. The van der Waals surface area contributed by atoms with Crippen molar-refractivity contribution in [3.05, 3.63) is 60.3 Å². The zero-order chi connectivity index (χ0) is 19.7. The Hall–Kier alpha value is -3.61. The van der Waals surface area contributed by atoms with Crippen LogP contribution in [0.1, 0.15) is 23.2 Å². The van der Waals surface area contributed by atoms with Crippen LogP contribution in [-0.2, 0) is 4.74 Å². The molecule has 0 atom stereocenters. The van der Waals surface area contributed by atoms with Gasteiger partial charge in [-0.05, 0) is 50.2 Å². The lowest BCUT2D eigenvalue weighted by atomic mass is 10.1. The summed E-state index contributed by atoms with van der Waals surface area (Å²) in [6.45, 7) is 3.94. The van der Waals surface area contributed by atoms with Gasteiger partial charge in [0, 0.05) is 24.1 Å². The van der Waals surface area contributed by atoms with Crippen LogP contribution in [0.5, 0.6) is 0 Å². The molecular weight excluding hydrogens is 358 g/mol. The second-order valence-electron chi connectivity index (χ2n) is 6.26. The zero-order valence-corrected chi connectivity index (χ0v) is 15.8. The van der Waals surface area contributed by atoms with E-state index in [-0.39, 0.29) is 5.76 Å². The van der Waals surface area contributed by atoms with Crippen LogP contribution in [0.25, 0.3) is 22.2 Å². The van der Waals surface area contributed by atoms with Gasteiger partial charge in [0.15, 0.2) is 0 Å². The minimum atomic E-state index is -0.480. The fraction of sp³-hybridized carbons (Fsp3) is 0.190. The van der Waals surface area contributed by atoms with E-state index in [2.05, 4.69) is 9.97 Å². The molecule has 0 aliphatic carbocycles. The Balaban J connectivity index is 1.75. The lowest BCUT2D eigenvalue weighted by molar-refractivity contribution is 0.0491. The van der Waals surface area contributed by atoms with Gasteiger partial charge in [0.05, 0.1) is 12.1 Å². The number of ether oxygens (including phenoxy) is 1. The van der Waals surface area contributed by atoms with Crippen LogP contribution in [0.3, 0.4) is 0 Å². The van der Waals surface area contributed by atoms with Crippen LogP contribution in [-0.4, -0.2) is 29.6 Å². The SMILES string of the molecule is CCOC(=O)c1ccc(-c2ccc3ncnc(N(C)c4ccc(C)o4)c3c2)o1. The van der Waals surface area contributed by atoms with Crippen LogP contribution in [0, 0.1) is 6.92 Å². The highest BCUT2D eigenvalue weighted by Crippen LogP contribution is 2.32. The monoisotopic (exact) mass is 377 g/mol. The van der Waals surface area contributed by atoms with Gasteiger partial charge in [0.25, 0.3) is 0 Å². The highest BCUT2D eigenvalue weighted by atomic mass is 16.5. The fourth-order valence-electron chi connectivity index (χ4n) is 2.97. The molecule has 0 bridgehead atoms. The van der Waals surface area contributed by atoms with Crippen molar-refractivity contribution < 1.29 is 18.4 Å². The van der Waals surface area contributed by atoms with E-state index < -0.39 is 5.97 Å². The molecule has 0 aliphatic heterocycles. The summed E-state index contributed by atoms with van der Waals surface area (Å²) in [5.41, 5.74) is 1.60. The van der Waals surface area contributed by atoms with Crippen molar-refractivity contribution >= 4 is 28.6 Å². The minimum Gasteiger partial charge on any atom is -0.460 e. The highest BCUT2D eigenvalue weighted by molar-refractivity contribution is 5.94. The number of benzene rings is 1. The Morgan fingerprint density at radius 2 is 1.96 bits per heavy atom. The molecule has 0 fully saturated rings. The third kappa shape index (κ3) is 3.22. The first kappa shape index (κ1) is 17.8. The van der Waals surface area contributed by atoms with Gasteiger partial charge in [-0.3, -0.25) is 4.90 Å². The number of anilines is 2. The van der Waals surface area contributed by atoms with Crippen molar-refractivity contribution in [3.8, 4) is 11.3 Å². The quantitative estimate of drug-likeness (QED) is 0.465. The lowest BCUT2D eigenvalue weighted by Gasteiger charge is -2.17. The van der Waals surface area contributed by atoms with Crippen molar-refractivity contribution in [2.45, 2.75) is 13.8 Å². The molecule has 0 radical (unpaired) electrons. The van der Waals surface area contributed by atoms with Crippen LogP contribution < -0.4 is 4.90 Å². The third-order valence-electron chi connectivity index (χ3n) is 4.36. The minimum absolute atomic E-state index is 0.171. The van der Waals surface area contributed by atoms with Crippen molar-refractivity contribution in [1.29, 1.82) is 0 Å². The highest BCUT2D eigenvalue weighted by Gasteiger charge is 2.16. The maximum absolute atomic E-state index is 11.9. The second kappa shape index (κ2) is 7.19. The largest absolute Gasteiger partial charge is 0.460 e. The van der Waals surface area contributed by atoms with Gasteiger partial charge in [-0.15, -0.1) is 0 Å². The van der Waals surface area contributed by atoms with Gasteiger partial charge >= 0.3 is 5.97 Å². The van der Waals surface area contributed by atoms with Crippen LogP contribution in [0.4, 0.5) is 11.7 Å². The average molecular weight is 377 g/mol. The standard InChI is InChI=1S/C21H19N3O4/c1-4-26-21(25)18-9-8-17(28-18)14-6-7-16-15(11-14)20(23-12-22-16)24(3)19-10-5-13(2)27-19/h5-12H,4H2,1-3H3. The molecule has 4 aromatic rings. The average Bonchev–Trinajstić information content (AvgIpc) is 3.36. The molecule has 0 saturated carbocycles. The van der Waals surface area contributed by atoms with Crippen molar-refractivity contribution in [2.75, 3.05) is 18.6 Å². The Labute approximate surface area is 161 Å². The van der Waals surface area contributed by atoms with Gasteiger partial charge in [0.1, 0.15) is 23.7 Å². The molecule has 142 valence electrons. The predicted molar refractivity (Wildman–Crippen MR) is 105 cm³/mol. The van der Waals surface area contributed by atoms with E-state index in [1.807, 2.05) is 49.2 Å². The number of nitrogens with zero attached hydrogens (tertiary/aromatic N) is 3. The summed E-state index contributed by atoms with van der Waals surface area (Å²) >= 11 is 0. The molecule has 4 rings (SSSR count). The van der Waals surface area contributed by atoms with E-state index in [0.717, 1.165) is 22.2 Å². The summed E-state index contributed by atoms with van der Waals surface area (Å²) in [5.74, 6) is 2.47. The summed E-state index contributed by atoms with van der Waals surface area (Å²) in [5, 5.41) is 0.839. The number of hydrogen-bond donors (Lipinski definition) is 0. The Kier molecular flexibility index (Phi) is 4.57. The number of fused-ring (bicyclic) bond motifs is 1. The number of esters is 1. The number of hydrogen-bond acceptors (Lipinski definition) is 7. The number of carbonyl (C=O) groups is 1. The second-order valence-corrected chi connectivity index (χ2v) is 6.26. The van der Waals surface area contributed by atoms with Crippen LogP contribution in [0.15, 0.2) is 57.6 Å². The van der Waals surface area contributed by atoms with Crippen molar-refractivity contribution in [1.82, 2.24) is 9.97 Å². The van der Waals surface area contributed by atoms with E-state index in [1.54, 1.807) is 19.1 Å². The molecule has 0 aliphatic rings.